The Morgan fingerprint density at radius 2 is 1.78 bits per heavy atom. The molecular formula is C14H11NO3. The van der Waals surface area contributed by atoms with E-state index in [1.165, 1.54) is 12.1 Å². The molecule has 90 valence electrons. The number of aldehydes is 1. The lowest BCUT2D eigenvalue weighted by Crippen LogP contribution is -2.03. The van der Waals surface area contributed by atoms with E-state index in [4.69, 9.17) is 5.73 Å². The monoisotopic (exact) mass is 241 g/mol. The third-order valence-corrected chi connectivity index (χ3v) is 2.61. The molecule has 0 aliphatic heterocycles. The van der Waals surface area contributed by atoms with Crippen LogP contribution in [0.5, 0.6) is 5.75 Å². The zero-order chi connectivity index (χ0) is 13.1. The van der Waals surface area contributed by atoms with Gasteiger partial charge in [-0.1, -0.05) is 6.07 Å². The molecule has 2 aromatic rings. The predicted octanol–water partition coefficient (Wildman–Crippen LogP) is 2.02. The van der Waals surface area contributed by atoms with Crippen LogP contribution in [0.2, 0.25) is 0 Å². The van der Waals surface area contributed by atoms with Crippen LogP contribution in [0.25, 0.3) is 0 Å². The van der Waals surface area contributed by atoms with Crippen LogP contribution in [0, 0.1) is 0 Å². The minimum atomic E-state index is -0.351. The molecule has 0 saturated carbocycles. The maximum absolute atomic E-state index is 12.1. The van der Waals surface area contributed by atoms with Crippen molar-refractivity contribution in [3.8, 4) is 5.75 Å². The summed E-state index contributed by atoms with van der Waals surface area (Å²) in [5.41, 5.74) is 6.69. The van der Waals surface area contributed by atoms with Crippen molar-refractivity contribution in [2.75, 3.05) is 5.73 Å². The second-order valence-corrected chi connectivity index (χ2v) is 3.81. The summed E-state index contributed by atoms with van der Waals surface area (Å²) >= 11 is 0. The number of carbonyl (C=O) groups excluding carboxylic acids is 2. The first-order valence-electron chi connectivity index (χ1n) is 5.31. The molecule has 0 amide bonds. The fourth-order valence-electron chi connectivity index (χ4n) is 1.63. The standard InChI is InChI=1S/C14H11NO3/c15-11-6-4-9(5-7-11)13(17)12-3-1-2-10(8-16)14(12)18/h1-8,18H,15H2. The van der Waals surface area contributed by atoms with Gasteiger partial charge in [0.2, 0.25) is 0 Å². The van der Waals surface area contributed by atoms with Crippen molar-refractivity contribution in [3.05, 3.63) is 59.2 Å². The number of para-hydroxylation sites is 1. The van der Waals surface area contributed by atoms with E-state index in [1.807, 2.05) is 0 Å². The third kappa shape index (κ3) is 2.08. The van der Waals surface area contributed by atoms with E-state index < -0.39 is 0 Å². The Kier molecular flexibility index (Phi) is 3.10. The number of anilines is 1. The molecule has 2 aromatic carbocycles. The molecule has 0 radical (unpaired) electrons. The first kappa shape index (κ1) is 11.9. The topological polar surface area (TPSA) is 80.4 Å². The van der Waals surface area contributed by atoms with Crippen LogP contribution in [-0.2, 0) is 0 Å². The molecule has 4 heteroatoms. The van der Waals surface area contributed by atoms with E-state index in [0.717, 1.165) is 0 Å². The Morgan fingerprint density at radius 1 is 1.11 bits per heavy atom. The fraction of sp³-hybridized carbons (Fsp3) is 0. The van der Waals surface area contributed by atoms with Gasteiger partial charge < -0.3 is 10.8 Å². The molecule has 0 unspecified atom stereocenters. The Bertz CT molecular complexity index is 603. The van der Waals surface area contributed by atoms with E-state index in [2.05, 4.69) is 0 Å². The zero-order valence-electron chi connectivity index (χ0n) is 9.46. The van der Waals surface area contributed by atoms with Gasteiger partial charge >= 0.3 is 0 Å². The molecule has 2 rings (SSSR count). The second kappa shape index (κ2) is 4.71. The van der Waals surface area contributed by atoms with Gasteiger partial charge in [-0.25, -0.2) is 0 Å². The Morgan fingerprint density at radius 3 is 2.39 bits per heavy atom. The number of rotatable bonds is 3. The highest BCUT2D eigenvalue weighted by atomic mass is 16.3. The van der Waals surface area contributed by atoms with Gasteiger partial charge in [0, 0.05) is 11.3 Å². The third-order valence-electron chi connectivity index (χ3n) is 2.61. The first-order valence-corrected chi connectivity index (χ1v) is 5.31. The van der Waals surface area contributed by atoms with Crippen LogP contribution in [0.3, 0.4) is 0 Å². The van der Waals surface area contributed by atoms with E-state index >= 15 is 0 Å². The normalized spacial score (nSPS) is 10.0. The summed E-state index contributed by atoms with van der Waals surface area (Å²) in [6.45, 7) is 0. The van der Waals surface area contributed by atoms with E-state index in [0.29, 0.717) is 17.5 Å². The highest BCUT2D eigenvalue weighted by Gasteiger charge is 2.15. The van der Waals surface area contributed by atoms with Crippen LogP contribution in [0.4, 0.5) is 5.69 Å². The molecule has 0 aliphatic carbocycles. The van der Waals surface area contributed by atoms with Gasteiger partial charge in [-0.15, -0.1) is 0 Å². The van der Waals surface area contributed by atoms with Gasteiger partial charge in [0.15, 0.2) is 12.1 Å². The minimum absolute atomic E-state index is 0.0938. The second-order valence-electron chi connectivity index (χ2n) is 3.81. The average Bonchev–Trinajstić information content (AvgIpc) is 2.39. The van der Waals surface area contributed by atoms with E-state index in [1.54, 1.807) is 30.3 Å². The van der Waals surface area contributed by atoms with Crippen molar-refractivity contribution in [1.82, 2.24) is 0 Å². The SMILES string of the molecule is Nc1ccc(C(=O)c2cccc(C=O)c2O)cc1. The van der Waals surface area contributed by atoms with Crippen molar-refractivity contribution in [1.29, 1.82) is 0 Å². The lowest BCUT2D eigenvalue weighted by Gasteiger charge is -2.05. The smallest absolute Gasteiger partial charge is 0.196 e. The Hall–Kier alpha value is -2.62. The number of nitrogen functional groups attached to an aromatic ring is 1. The van der Waals surface area contributed by atoms with Crippen LogP contribution in [0.15, 0.2) is 42.5 Å². The van der Waals surface area contributed by atoms with Crippen LogP contribution in [-0.4, -0.2) is 17.2 Å². The number of aromatic hydroxyl groups is 1. The van der Waals surface area contributed by atoms with Crippen LogP contribution >= 0.6 is 0 Å². The highest BCUT2D eigenvalue weighted by molar-refractivity contribution is 6.11. The van der Waals surface area contributed by atoms with Crippen molar-refractivity contribution in [3.63, 3.8) is 0 Å². The van der Waals surface area contributed by atoms with Crippen molar-refractivity contribution >= 4 is 17.8 Å². The summed E-state index contributed by atoms with van der Waals surface area (Å²) in [5, 5.41) is 9.80. The molecule has 0 aliphatic rings. The summed E-state index contributed by atoms with van der Waals surface area (Å²) in [5.74, 6) is -0.648. The lowest BCUT2D eigenvalue weighted by atomic mass is 10.00. The molecule has 0 aromatic heterocycles. The molecule has 0 saturated heterocycles. The number of hydrogen-bond acceptors (Lipinski definition) is 4. The summed E-state index contributed by atoms with van der Waals surface area (Å²) in [4.78, 5) is 22.8. The average molecular weight is 241 g/mol. The summed E-state index contributed by atoms with van der Waals surface area (Å²) in [6.07, 6.45) is 0.509. The molecule has 0 heterocycles. The molecule has 0 atom stereocenters. The van der Waals surface area contributed by atoms with Gasteiger partial charge in [-0.05, 0) is 36.4 Å². The first-order chi connectivity index (χ1) is 8.63. The lowest BCUT2D eigenvalue weighted by molar-refractivity contribution is 0.103. The molecular weight excluding hydrogens is 230 g/mol. The van der Waals surface area contributed by atoms with Crippen molar-refractivity contribution in [2.45, 2.75) is 0 Å². The van der Waals surface area contributed by atoms with E-state index in [9.17, 15) is 14.7 Å². The highest BCUT2D eigenvalue weighted by Crippen LogP contribution is 2.24. The number of benzene rings is 2. The zero-order valence-corrected chi connectivity index (χ0v) is 9.46. The van der Waals surface area contributed by atoms with Crippen LogP contribution < -0.4 is 5.73 Å². The van der Waals surface area contributed by atoms with Gasteiger partial charge in [0.05, 0.1) is 11.1 Å². The molecule has 0 bridgehead atoms. The van der Waals surface area contributed by atoms with Gasteiger partial charge in [0.1, 0.15) is 5.75 Å². The van der Waals surface area contributed by atoms with Gasteiger partial charge in [-0.2, -0.15) is 0 Å². The maximum Gasteiger partial charge on any atom is 0.196 e. The number of nitrogens with two attached hydrogens (primary N) is 1. The molecule has 4 nitrogen and oxygen atoms in total. The quantitative estimate of drug-likeness (QED) is 0.489. The molecule has 0 spiro atoms. The molecule has 3 N–H and O–H groups in total. The summed E-state index contributed by atoms with van der Waals surface area (Å²) in [6, 6.07) is 10.8. The Labute approximate surface area is 104 Å². The molecule has 18 heavy (non-hydrogen) atoms. The summed E-state index contributed by atoms with van der Waals surface area (Å²) < 4.78 is 0. The predicted molar refractivity (Wildman–Crippen MR) is 67.8 cm³/mol. The maximum atomic E-state index is 12.1. The van der Waals surface area contributed by atoms with E-state index in [-0.39, 0.29) is 22.7 Å². The molecule has 0 fully saturated rings. The summed E-state index contributed by atoms with van der Waals surface area (Å²) in [7, 11) is 0. The minimum Gasteiger partial charge on any atom is -0.506 e. The largest absolute Gasteiger partial charge is 0.506 e. The number of hydrogen-bond donors (Lipinski definition) is 2. The van der Waals surface area contributed by atoms with Crippen LogP contribution in [0.1, 0.15) is 26.3 Å². The van der Waals surface area contributed by atoms with Crippen molar-refractivity contribution in [2.24, 2.45) is 0 Å². The number of phenols is 1. The van der Waals surface area contributed by atoms with Gasteiger partial charge in [-0.3, -0.25) is 9.59 Å². The Balaban J connectivity index is 2.46. The van der Waals surface area contributed by atoms with Gasteiger partial charge in [0.25, 0.3) is 0 Å². The number of phenolic OH excluding ortho intramolecular Hbond substituents is 1. The number of carbonyl (C=O) groups is 2. The van der Waals surface area contributed by atoms with Crippen molar-refractivity contribution < 1.29 is 14.7 Å². The number of ketones is 1. The fourth-order valence-corrected chi connectivity index (χ4v) is 1.63.